The maximum Gasteiger partial charge on any atom is 0.269 e. The highest BCUT2D eigenvalue weighted by Gasteiger charge is 2.08. The Labute approximate surface area is 115 Å². The van der Waals surface area contributed by atoms with Crippen LogP contribution in [0.15, 0.2) is 36.5 Å². The van der Waals surface area contributed by atoms with Crippen molar-refractivity contribution in [2.24, 2.45) is 5.73 Å². The number of rotatable bonds is 4. The van der Waals surface area contributed by atoms with Crippen molar-refractivity contribution in [1.82, 2.24) is 10.3 Å². The fourth-order valence-electron chi connectivity index (χ4n) is 1.62. The van der Waals surface area contributed by atoms with Crippen molar-refractivity contribution >= 4 is 5.91 Å². The number of hydrogen-bond donors (Lipinski definition) is 2. The largest absolute Gasteiger partial charge is 0.457 e. The smallest absolute Gasteiger partial charge is 0.269 e. The van der Waals surface area contributed by atoms with Crippen molar-refractivity contribution in [2.75, 3.05) is 7.05 Å². The Balaban J connectivity index is 2.21. The van der Waals surface area contributed by atoms with Crippen molar-refractivity contribution in [3.05, 3.63) is 53.6 Å². The van der Waals surface area contributed by atoms with Crippen LogP contribution in [0.4, 0.5) is 4.39 Å². The molecule has 20 heavy (non-hydrogen) atoms. The molecule has 1 aromatic carbocycles. The van der Waals surface area contributed by atoms with E-state index in [1.54, 1.807) is 18.2 Å². The number of nitrogens with two attached hydrogens (primary N) is 1. The first-order valence-corrected chi connectivity index (χ1v) is 5.98. The Morgan fingerprint density at radius 2 is 2.10 bits per heavy atom. The molecular formula is C14H14FN3O2. The third-order valence-corrected chi connectivity index (χ3v) is 2.67. The molecular weight excluding hydrogens is 261 g/mol. The number of amides is 1. The number of benzene rings is 1. The van der Waals surface area contributed by atoms with Gasteiger partial charge in [0.15, 0.2) is 0 Å². The van der Waals surface area contributed by atoms with Crippen molar-refractivity contribution in [1.29, 1.82) is 0 Å². The number of pyridine rings is 1. The molecule has 0 atom stereocenters. The lowest BCUT2D eigenvalue weighted by molar-refractivity contribution is 0.0958. The Bertz CT molecular complexity index is 632. The summed E-state index contributed by atoms with van der Waals surface area (Å²) in [7, 11) is 1.51. The molecule has 0 saturated heterocycles. The highest BCUT2D eigenvalue weighted by molar-refractivity contribution is 5.92. The molecule has 2 rings (SSSR count). The second-order valence-corrected chi connectivity index (χ2v) is 4.02. The van der Waals surface area contributed by atoms with Crippen LogP contribution >= 0.6 is 0 Å². The highest BCUT2D eigenvalue weighted by Crippen LogP contribution is 2.23. The average Bonchev–Trinajstić information content (AvgIpc) is 2.47. The van der Waals surface area contributed by atoms with Crippen LogP contribution in [-0.4, -0.2) is 17.9 Å². The molecule has 0 saturated carbocycles. The van der Waals surface area contributed by atoms with Crippen LogP contribution in [-0.2, 0) is 6.54 Å². The molecule has 3 N–H and O–H groups in total. The Hall–Kier alpha value is -2.47. The van der Waals surface area contributed by atoms with Gasteiger partial charge in [-0.3, -0.25) is 9.78 Å². The van der Waals surface area contributed by atoms with Crippen LogP contribution in [0, 0.1) is 5.82 Å². The summed E-state index contributed by atoms with van der Waals surface area (Å²) < 4.78 is 19.1. The van der Waals surface area contributed by atoms with E-state index in [1.165, 1.54) is 25.4 Å². The molecule has 0 aliphatic heterocycles. The van der Waals surface area contributed by atoms with Gasteiger partial charge in [-0.2, -0.15) is 0 Å². The minimum Gasteiger partial charge on any atom is -0.457 e. The molecule has 0 spiro atoms. The van der Waals surface area contributed by atoms with E-state index in [1.807, 2.05) is 0 Å². The van der Waals surface area contributed by atoms with E-state index in [0.29, 0.717) is 17.1 Å². The summed E-state index contributed by atoms with van der Waals surface area (Å²) in [6.07, 6.45) is 1.45. The normalized spacial score (nSPS) is 10.2. The van der Waals surface area contributed by atoms with Crippen LogP contribution in [0.3, 0.4) is 0 Å². The van der Waals surface area contributed by atoms with Gasteiger partial charge in [-0.25, -0.2) is 4.39 Å². The van der Waals surface area contributed by atoms with Crippen molar-refractivity contribution < 1.29 is 13.9 Å². The topological polar surface area (TPSA) is 77.2 Å². The zero-order chi connectivity index (χ0) is 14.5. The van der Waals surface area contributed by atoms with Gasteiger partial charge in [0.25, 0.3) is 5.91 Å². The monoisotopic (exact) mass is 275 g/mol. The number of ether oxygens (including phenoxy) is 1. The van der Waals surface area contributed by atoms with E-state index >= 15 is 0 Å². The molecule has 0 aliphatic rings. The van der Waals surface area contributed by atoms with E-state index in [4.69, 9.17) is 10.5 Å². The van der Waals surface area contributed by atoms with E-state index in [-0.39, 0.29) is 18.1 Å². The zero-order valence-electron chi connectivity index (χ0n) is 10.9. The molecule has 2 aromatic rings. The second kappa shape index (κ2) is 6.12. The van der Waals surface area contributed by atoms with Gasteiger partial charge in [-0.15, -0.1) is 0 Å². The Kier molecular flexibility index (Phi) is 4.27. The summed E-state index contributed by atoms with van der Waals surface area (Å²) in [5.74, 6) is -0.0158. The van der Waals surface area contributed by atoms with Crippen molar-refractivity contribution in [2.45, 2.75) is 6.54 Å². The van der Waals surface area contributed by atoms with Gasteiger partial charge >= 0.3 is 0 Å². The lowest BCUT2D eigenvalue weighted by Gasteiger charge is -2.08. The minimum atomic E-state index is -0.425. The summed E-state index contributed by atoms with van der Waals surface area (Å²) in [5.41, 5.74) is 6.03. The summed E-state index contributed by atoms with van der Waals surface area (Å²) in [6.45, 7) is 0.127. The lowest BCUT2D eigenvalue weighted by Crippen LogP contribution is -2.18. The summed E-state index contributed by atoms with van der Waals surface area (Å²) in [4.78, 5) is 15.4. The maximum atomic E-state index is 13.6. The number of carbonyl (C=O) groups is 1. The predicted molar refractivity (Wildman–Crippen MR) is 72.0 cm³/mol. The maximum absolute atomic E-state index is 13.6. The van der Waals surface area contributed by atoms with Crippen LogP contribution in [0.25, 0.3) is 0 Å². The van der Waals surface area contributed by atoms with Crippen molar-refractivity contribution in [3.63, 3.8) is 0 Å². The number of hydrogen-bond acceptors (Lipinski definition) is 4. The van der Waals surface area contributed by atoms with E-state index < -0.39 is 5.82 Å². The van der Waals surface area contributed by atoms with Gasteiger partial charge < -0.3 is 15.8 Å². The van der Waals surface area contributed by atoms with Gasteiger partial charge in [0.1, 0.15) is 23.0 Å². The molecule has 5 nitrogen and oxygen atoms in total. The molecule has 0 aliphatic carbocycles. The number of nitrogens with zero attached hydrogens (tertiary/aromatic N) is 1. The number of carbonyl (C=O) groups excluding carboxylic acids is 1. The number of nitrogens with one attached hydrogen (secondary N) is 1. The van der Waals surface area contributed by atoms with Gasteiger partial charge in [0.05, 0.1) is 0 Å². The molecule has 0 bridgehead atoms. The zero-order valence-corrected chi connectivity index (χ0v) is 10.9. The second-order valence-electron chi connectivity index (χ2n) is 4.02. The fourth-order valence-corrected chi connectivity index (χ4v) is 1.62. The van der Waals surface area contributed by atoms with Gasteiger partial charge in [-0.05, 0) is 12.1 Å². The first kappa shape index (κ1) is 14.0. The molecule has 1 amide bonds. The first-order valence-electron chi connectivity index (χ1n) is 5.98. The Morgan fingerprint density at radius 3 is 2.75 bits per heavy atom. The Morgan fingerprint density at radius 1 is 1.35 bits per heavy atom. The van der Waals surface area contributed by atoms with E-state index in [2.05, 4.69) is 10.3 Å². The molecule has 1 aromatic heterocycles. The van der Waals surface area contributed by atoms with E-state index in [9.17, 15) is 9.18 Å². The number of aromatic nitrogens is 1. The van der Waals surface area contributed by atoms with Crippen LogP contribution in [0.2, 0.25) is 0 Å². The SMILES string of the molecule is CNC(=O)c1cc(Oc2ccc(CN)c(F)c2)ccn1. The standard InChI is InChI=1S/C14H14FN3O2/c1-17-14(19)13-7-11(4-5-18-13)20-10-3-2-9(8-16)12(15)6-10/h2-7H,8,16H2,1H3,(H,17,19). The average molecular weight is 275 g/mol. The fraction of sp³-hybridized carbons (Fsp3) is 0.143. The first-order chi connectivity index (χ1) is 9.63. The summed E-state index contributed by atoms with van der Waals surface area (Å²) in [5, 5.41) is 2.47. The molecule has 104 valence electrons. The summed E-state index contributed by atoms with van der Waals surface area (Å²) >= 11 is 0. The number of halogens is 1. The molecule has 0 unspecified atom stereocenters. The van der Waals surface area contributed by atoms with Gasteiger partial charge in [0.2, 0.25) is 0 Å². The van der Waals surface area contributed by atoms with Crippen LogP contribution in [0.5, 0.6) is 11.5 Å². The third kappa shape index (κ3) is 3.10. The minimum absolute atomic E-state index is 0.127. The van der Waals surface area contributed by atoms with Gasteiger partial charge in [-0.1, -0.05) is 6.07 Å². The molecule has 1 heterocycles. The lowest BCUT2D eigenvalue weighted by atomic mass is 10.2. The quantitative estimate of drug-likeness (QED) is 0.892. The highest BCUT2D eigenvalue weighted by atomic mass is 19.1. The van der Waals surface area contributed by atoms with Crippen molar-refractivity contribution in [3.8, 4) is 11.5 Å². The molecule has 6 heteroatoms. The summed E-state index contributed by atoms with van der Waals surface area (Å²) in [6, 6.07) is 7.49. The van der Waals surface area contributed by atoms with Gasteiger partial charge in [0, 0.05) is 37.5 Å². The molecule has 0 fully saturated rings. The molecule has 0 radical (unpaired) electrons. The van der Waals surface area contributed by atoms with E-state index in [0.717, 1.165) is 0 Å². The van der Waals surface area contributed by atoms with Crippen LogP contribution < -0.4 is 15.8 Å². The predicted octanol–water partition coefficient (Wildman–Crippen LogP) is 1.83. The van der Waals surface area contributed by atoms with Crippen LogP contribution in [0.1, 0.15) is 16.1 Å². The third-order valence-electron chi connectivity index (χ3n) is 2.67.